The Kier molecular flexibility index (Phi) is 5.97. The van der Waals surface area contributed by atoms with E-state index >= 15 is 0 Å². The van der Waals surface area contributed by atoms with E-state index < -0.39 is 0 Å². The van der Waals surface area contributed by atoms with Crippen molar-refractivity contribution in [3.63, 3.8) is 0 Å². The molecule has 1 aromatic rings. The Hall–Kier alpha value is -2.19. The summed E-state index contributed by atoms with van der Waals surface area (Å²) in [6, 6.07) is 1.88. The van der Waals surface area contributed by atoms with Crippen LogP contribution in [-0.4, -0.2) is 78.2 Å². The Balaban J connectivity index is 1.46. The van der Waals surface area contributed by atoms with Crippen molar-refractivity contribution < 1.29 is 14.3 Å². The van der Waals surface area contributed by atoms with E-state index in [1.807, 2.05) is 19.2 Å². The van der Waals surface area contributed by atoms with Crippen molar-refractivity contribution in [2.45, 2.75) is 44.8 Å². The van der Waals surface area contributed by atoms with Gasteiger partial charge in [0, 0.05) is 39.4 Å². The number of ether oxygens (including phenoxy) is 1. The summed E-state index contributed by atoms with van der Waals surface area (Å²) in [7, 11) is 1.79. The normalized spacial score (nSPS) is 24.3. The summed E-state index contributed by atoms with van der Waals surface area (Å²) >= 11 is 0. The van der Waals surface area contributed by atoms with E-state index in [4.69, 9.17) is 4.74 Å². The number of nitrogens with one attached hydrogen (secondary N) is 1. The lowest BCUT2D eigenvalue weighted by Crippen LogP contribution is -2.58. The van der Waals surface area contributed by atoms with Gasteiger partial charge in [-0.05, 0) is 63.2 Å². The van der Waals surface area contributed by atoms with E-state index in [9.17, 15) is 14.4 Å². The number of likely N-dealkylation sites (N-methyl/N-ethyl adjacent to an activating group) is 1. The zero-order chi connectivity index (χ0) is 21.3. The van der Waals surface area contributed by atoms with Gasteiger partial charge in [0.15, 0.2) is 0 Å². The maximum absolute atomic E-state index is 13.3. The second-order valence-corrected chi connectivity index (χ2v) is 9.06. The Morgan fingerprint density at radius 2 is 2.07 bits per heavy atom. The molecule has 0 bridgehead atoms. The summed E-state index contributed by atoms with van der Waals surface area (Å²) in [4.78, 5) is 41.6. The second-order valence-electron chi connectivity index (χ2n) is 9.06. The van der Waals surface area contributed by atoms with Crippen LogP contribution in [0.25, 0.3) is 0 Å². The highest BCUT2D eigenvalue weighted by Gasteiger charge is 2.42. The second kappa shape index (κ2) is 8.51. The lowest BCUT2D eigenvalue weighted by Gasteiger charge is -2.46. The number of amides is 2. The van der Waals surface area contributed by atoms with E-state index in [1.54, 1.807) is 21.4 Å². The van der Waals surface area contributed by atoms with Crippen LogP contribution in [0.1, 0.15) is 41.6 Å². The van der Waals surface area contributed by atoms with Gasteiger partial charge in [-0.25, -0.2) is 0 Å². The van der Waals surface area contributed by atoms with Gasteiger partial charge in [-0.3, -0.25) is 14.4 Å². The maximum Gasteiger partial charge on any atom is 0.263 e. The monoisotopic (exact) mass is 416 g/mol. The summed E-state index contributed by atoms with van der Waals surface area (Å²) < 4.78 is 7.58. The summed E-state index contributed by atoms with van der Waals surface area (Å²) in [5, 5.41) is 3.38. The van der Waals surface area contributed by atoms with Crippen molar-refractivity contribution in [2.75, 3.05) is 46.4 Å². The molecule has 3 saturated heterocycles. The molecule has 4 rings (SSSR count). The first-order valence-electron chi connectivity index (χ1n) is 11.0. The number of carbonyl (C=O) groups excluding carboxylic acids is 2. The first-order chi connectivity index (χ1) is 14.4. The Labute approximate surface area is 177 Å². The Bertz CT molecular complexity index is 866. The van der Waals surface area contributed by atoms with E-state index in [1.165, 1.54) is 0 Å². The molecule has 0 aliphatic carbocycles. The van der Waals surface area contributed by atoms with Crippen LogP contribution in [0, 0.1) is 12.8 Å². The van der Waals surface area contributed by atoms with Crippen LogP contribution >= 0.6 is 0 Å². The van der Waals surface area contributed by atoms with Crippen molar-refractivity contribution in [1.82, 2.24) is 19.7 Å². The number of morpholine rings is 1. The third-order valence-corrected chi connectivity index (χ3v) is 6.86. The Morgan fingerprint density at radius 3 is 2.73 bits per heavy atom. The minimum absolute atomic E-state index is 0.00671. The molecule has 1 aromatic heterocycles. The average Bonchev–Trinajstić information content (AvgIpc) is 2.74. The number of pyridine rings is 1. The summed E-state index contributed by atoms with van der Waals surface area (Å²) in [6.07, 6.45) is 5.38. The zero-order valence-electron chi connectivity index (χ0n) is 18.0. The molecule has 0 aromatic carbocycles. The largest absolute Gasteiger partial charge is 0.363 e. The van der Waals surface area contributed by atoms with E-state index in [-0.39, 0.29) is 35.1 Å². The average molecular weight is 417 g/mol. The first kappa shape index (κ1) is 21.1. The van der Waals surface area contributed by atoms with Gasteiger partial charge in [0.1, 0.15) is 12.2 Å². The predicted octanol–water partition coefficient (Wildman–Crippen LogP) is 0.620. The highest BCUT2D eigenvalue weighted by atomic mass is 16.5. The molecule has 1 N–H and O–H groups in total. The molecule has 8 heteroatoms. The summed E-state index contributed by atoms with van der Waals surface area (Å²) in [6.45, 7) is 6.13. The zero-order valence-corrected chi connectivity index (χ0v) is 18.0. The molecular formula is C22H32N4O4. The van der Waals surface area contributed by atoms with Crippen molar-refractivity contribution in [2.24, 2.45) is 5.92 Å². The number of hydrogen-bond donors (Lipinski definition) is 1. The number of aromatic nitrogens is 1. The van der Waals surface area contributed by atoms with E-state index in [0.29, 0.717) is 44.9 Å². The number of hydrogen-bond acceptors (Lipinski definition) is 5. The third-order valence-electron chi connectivity index (χ3n) is 6.86. The SMILES string of the molecule is Cc1ccn(CC2CCCNC2)c(=O)c1C(=O)N1CCC2(CC1)CN(C)C(=O)CO2. The number of likely N-dealkylation sites (tertiary alicyclic amines) is 1. The molecule has 1 spiro atoms. The van der Waals surface area contributed by atoms with Crippen LogP contribution in [-0.2, 0) is 16.1 Å². The van der Waals surface area contributed by atoms with Gasteiger partial charge in [0.05, 0.1) is 5.60 Å². The molecule has 3 aliphatic heterocycles. The topological polar surface area (TPSA) is 83.9 Å². The minimum atomic E-state index is -0.376. The molecule has 1 unspecified atom stereocenters. The molecule has 164 valence electrons. The molecule has 0 radical (unpaired) electrons. The minimum Gasteiger partial charge on any atom is -0.363 e. The molecule has 2 amide bonds. The molecule has 4 heterocycles. The fraction of sp³-hybridized carbons (Fsp3) is 0.682. The van der Waals surface area contributed by atoms with Crippen LogP contribution in [0.2, 0.25) is 0 Å². The van der Waals surface area contributed by atoms with Crippen LogP contribution in [0.3, 0.4) is 0 Å². The molecule has 30 heavy (non-hydrogen) atoms. The van der Waals surface area contributed by atoms with Crippen LogP contribution in [0.15, 0.2) is 17.1 Å². The Morgan fingerprint density at radius 1 is 1.30 bits per heavy atom. The lowest BCUT2D eigenvalue weighted by molar-refractivity contribution is -0.167. The summed E-state index contributed by atoms with van der Waals surface area (Å²) in [5.74, 6) is 0.219. The van der Waals surface area contributed by atoms with Gasteiger partial charge in [-0.15, -0.1) is 0 Å². The van der Waals surface area contributed by atoms with Gasteiger partial charge in [-0.2, -0.15) is 0 Å². The van der Waals surface area contributed by atoms with Crippen LogP contribution in [0.5, 0.6) is 0 Å². The van der Waals surface area contributed by atoms with Crippen LogP contribution < -0.4 is 10.9 Å². The smallest absolute Gasteiger partial charge is 0.263 e. The number of nitrogens with zero attached hydrogens (tertiary/aromatic N) is 3. The highest BCUT2D eigenvalue weighted by molar-refractivity contribution is 5.95. The van der Waals surface area contributed by atoms with Gasteiger partial charge < -0.3 is 24.4 Å². The van der Waals surface area contributed by atoms with Crippen molar-refractivity contribution in [3.05, 3.63) is 33.7 Å². The van der Waals surface area contributed by atoms with Gasteiger partial charge >= 0.3 is 0 Å². The third kappa shape index (κ3) is 4.16. The van der Waals surface area contributed by atoms with Crippen molar-refractivity contribution in [3.8, 4) is 0 Å². The standard InChI is InChI=1S/C22H32N4O4/c1-16-5-9-26(13-17-4-3-8-23-12-17)21(29)19(16)20(28)25-10-6-22(7-11-25)15-24(2)18(27)14-30-22/h5,9,17,23H,3-4,6-8,10-15H2,1-2H3. The van der Waals surface area contributed by atoms with Crippen molar-refractivity contribution in [1.29, 1.82) is 0 Å². The summed E-state index contributed by atoms with van der Waals surface area (Å²) in [5.41, 5.74) is 0.445. The van der Waals surface area contributed by atoms with Gasteiger partial charge in [0.2, 0.25) is 5.91 Å². The van der Waals surface area contributed by atoms with Crippen molar-refractivity contribution >= 4 is 11.8 Å². The van der Waals surface area contributed by atoms with Gasteiger partial charge in [0.25, 0.3) is 11.5 Å². The number of carbonyl (C=O) groups is 2. The predicted molar refractivity (Wildman–Crippen MR) is 112 cm³/mol. The molecular weight excluding hydrogens is 384 g/mol. The van der Waals surface area contributed by atoms with E-state index in [0.717, 1.165) is 31.5 Å². The number of piperidine rings is 2. The molecule has 1 atom stereocenters. The molecule has 3 aliphatic rings. The fourth-order valence-corrected chi connectivity index (χ4v) is 4.90. The van der Waals surface area contributed by atoms with E-state index in [2.05, 4.69) is 5.32 Å². The molecule has 3 fully saturated rings. The highest BCUT2D eigenvalue weighted by Crippen LogP contribution is 2.30. The van der Waals surface area contributed by atoms with Crippen LogP contribution in [0.4, 0.5) is 0 Å². The molecule has 8 nitrogen and oxygen atoms in total. The first-order valence-corrected chi connectivity index (χ1v) is 11.0. The number of aryl methyl sites for hydroxylation is 1. The van der Waals surface area contributed by atoms with Gasteiger partial charge in [-0.1, -0.05) is 0 Å². The molecule has 0 saturated carbocycles. The maximum atomic E-state index is 13.3. The quantitative estimate of drug-likeness (QED) is 0.781. The lowest BCUT2D eigenvalue weighted by atomic mass is 9.89. The fourth-order valence-electron chi connectivity index (χ4n) is 4.90. The number of rotatable bonds is 3.